The minimum atomic E-state index is -0.570. The highest BCUT2D eigenvalue weighted by Crippen LogP contribution is 2.39. The summed E-state index contributed by atoms with van der Waals surface area (Å²) >= 11 is 6.17. The Labute approximate surface area is 206 Å². The van der Waals surface area contributed by atoms with Crippen LogP contribution >= 0.6 is 11.6 Å². The maximum Gasteiger partial charge on any atom is 0.311 e. The van der Waals surface area contributed by atoms with E-state index in [2.05, 4.69) is 15.3 Å². The highest BCUT2D eigenvalue weighted by atomic mass is 35.5. The van der Waals surface area contributed by atoms with E-state index in [1.807, 2.05) is 0 Å². The molecule has 3 N–H and O–H groups in total. The maximum absolute atomic E-state index is 11.8. The third kappa shape index (κ3) is 5.78. The number of amides is 1. The van der Waals surface area contributed by atoms with Gasteiger partial charge in [-0.1, -0.05) is 11.6 Å². The molecular formula is C22H25ClN6O6. The molecule has 0 radical (unpaired) electrons. The predicted octanol–water partition coefficient (Wildman–Crippen LogP) is 3.14. The zero-order valence-corrected chi connectivity index (χ0v) is 20.3. The number of methoxy groups -OCH3 is 2. The summed E-state index contributed by atoms with van der Waals surface area (Å²) in [5.41, 5.74) is 6.01. The summed E-state index contributed by atoms with van der Waals surface area (Å²) in [6.45, 7) is 0.0378. The number of nitro groups is 1. The molecule has 0 bridgehead atoms. The van der Waals surface area contributed by atoms with Gasteiger partial charge in [-0.05, 0) is 14.1 Å². The molecule has 0 aliphatic rings. The molecule has 3 rings (SSSR count). The summed E-state index contributed by atoms with van der Waals surface area (Å²) in [5.74, 6) is 0.627. The van der Waals surface area contributed by atoms with Gasteiger partial charge in [-0.15, -0.1) is 0 Å². The van der Waals surface area contributed by atoms with Crippen molar-refractivity contribution in [3.63, 3.8) is 0 Å². The van der Waals surface area contributed by atoms with Crippen molar-refractivity contribution in [3.8, 4) is 17.2 Å². The van der Waals surface area contributed by atoms with Crippen molar-refractivity contribution in [3.05, 3.63) is 45.7 Å². The normalized spacial score (nSPS) is 11.8. The number of ether oxygens (including phenoxy) is 3. The average Bonchev–Trinajstić information content (AvgIpc) is 2.81. The molecule has 12 nitrogen and oxygen atoms in total. The van der Waals surface area contributed by atoms with Crippen molar-refractivity contribution in [2.75, 3.05) is 40.2 Å². The Kier molecular flexibility index (Phi) is 8.10. The van der Waals surface area contributed by atoms with Gasteiger partial charge < -0.3 is 25.3 Å². The van der Waals surface area contributed by atoms with Crippen LogP contribution in [0.3, 0.4) is 0 Å². The van der Waals surface area contributed by atoms with Crippen LogP contribution < -0.4 is 25.3 Å². The van der Waals surface area contributed by atoms with Gasteiger partial charge in [0.15, 0.2) is 5.75 Å². The fourth-order valence-corrected chi connectivity index (χ4v) is 3.68. The first-order chi connectivity index (χ1) is 16.7. The molecule has 0 saturated carbocycles. The number of nitro benzene ring substituents is 1. The van der Waals surface area contributed by atoms with Gasteiger partial charge in [-0.25, -0.2) is 9.97 Å². The van der Waals surface area contributed by atoms with Crippen molar-refractivity contribution >= 4 is 45.6 Å². The molecule has 35 heavy (non-hydrogen) atoms. The van der Waals surface area contributed by atoms with Gasteiger partial charge in [0.2, 0.25) is 5.91 Å². The van der Waals surface area contributed by atoms with Crippen LogP contribution in [0.15, 0.2) is 30.6 Å². The lowest BCUT2D eigenvalue weighted by Crippen LogP contribution is -2.41. The minimum absolute atomic E-state index is 0.0138. The van der Waals surface area contributed by atoms with Crippen molar-refractivity contribution in [1.82, 2.24) is 14.9 Å². The molecule has 1 atom stereocenters. The first-order valence-electron chi connectivity index (χ1n) is 10.4. The van der Waals surface area contributed by atoms with Crippen LogP contribution in [0.25, 0.3) is 10.9 Å². The molecule has 3 aromatic rings. The topological polar surface area (TPSA) is 155 Å². The first-order valence-corrected chi connectivity index (χ1v) is 10.7. The van der Waals surface area contributed by atoms with Crippen LogP contribution in [0.1, 0.15) is 6.42 Å². The van der Waals surface area contributed by atoms with Crippen molar-refractivity contribution < 1.29 is 23.9 Å². The molecule has 0 aliphatic carbocycles. The van der Waals surface area contributed by atoms with Gasteiger partial charge in [0.1, 0.15) is 23.6 Å². The summed E-state index contributed by atoms with van der Waals surface area (Å²) in [6.07, 6.45) is 1.57. The van der Waals surface area contributed by atoms with Crippen LogP contribution in [0.5, 0.6) is 17.2 Å². The van der Waals surface area contributed by atoms with E-state index in [9.17, 15) is 14.9 Å². The highest BCUT2D eigenvalue weighted by molar-refractivity contribution is 6.32. The lowest BCUT2D eigenvalue weighted by atomic mass is 10.1. The second kappa shape index (κ2) is 11.0. The molecule has 0 spiro atoms. The Morgan fingerprint density at radius 3 is 2.49 bits per heavy atom. The number of aromatic nitrogens is 2. The Bertz CT molecular complexity index is 1250. The van der Waals surface area contributed by atoms with E-state index in [0.29, 0.717) is 38.9 Å². The van der Waals surface area contributed by atoms with Crippen LogP contribution in [-0.2, 0) is 4.79 Å². The molecule has 0 saturated heterocycles. The van der Waals surface area contributed by atoms with Gasteiger partial charge in [-0.2, -0.15) is 0 Å². The number of likely N-dealkylation sites (N-methyl/N-ethyl adjacent to an activating group) is 1. The lowest BCUT2D eigenvalue weighted by Gasteiger charge is -2.20. The van der Waals surface area contributed by atoms with Crippen molar-refractivity contribution in [1.29, 1.82) is 0 Å². The molecule has 13 heteroatoms. The number of nitrogens with zero attached hydrogens (tertiary/aromatic N) is 4. The number of carbonyl (C=O) groups excluding carboxylic acids is 1. The number of hydrogen-bond donors (Lipinski definition) is 2. The van der Waals surface area contributed by atoms with Crippen molar-refractivity contribution in [2.24, 2.45) is 5.73 Å². The second-order valence-electron chi connectivity index (χ2n) is 7.65. The SMILES string of the molecule is COc1cc(Nc2ncnc3cc(OCCC(C(N)=O)N(C)C)c([N+](=O)[O-])cc23)c(OC)cc1Cl. The van der Waals surface area contributed by atoms with E-state index in [-0.39, 0.29) is 24.5 Å². The first kappa shape index (κ1) is 25.7. The molecule has 1 unspecified atom stereocenters. The third-order valence-corrected chi connectivity index (χ3v) is 5.54. The number of hydrogen-bond acceptors (Lipinski definition) is 10. The van der Waals surface area contributed by atoms with Crippen LogP contribution in [0.2, 0.25) is 5.02 Å². The molecule has 186 valence electrons. The number of benzene rings is 2. The van der Waals surface area contributed by atoms with E-state index >= 15 is 0 Å². The Morgan fingerprint density at radius 2 is 1.89 bits per heavy atom. The zero-order chi connectivity index (χ0) is 25.7. The number of carbonyl (C=O) groups is 1. The van der Waals surface area contributed by atoms with Gasteiger partial charge in [0, 0.05) is 30.7 Å². The Morgan fingerprint density at radius 1 is 1.17 bits per heavy atom. The minimum Gasteiger partial charge on any atom is -0.495 e. The Hall–Kier alpha value is -3.90. The third-order valence-electron chi connectivity index (χ3n) is 5.24. The van der Waals surface area contributed by atoms with Crippen LogP contribution in [-0.4, -0.2) is 66.7 Å². The van der Waals surface area contributed by atoms with Gasteiger partial charge in [-0.3, -0.25) is 19.8 Å². The molecular weight excluding hydrogens is 480 g/mol. The second-order valence-corrected chi connectivity index (χ2v) is 8.05. The number of fused-ring (bicyclic) bond motifs is 1. The molecule has 2 aromatic carbocycles. The number of primary amides is 1. The quantitative estimate of drug-likeness (QED) is 0.294. The standard InChI is InChI=1S/C22H25ClN6O6/c1-28(2)16(21(24)30)5-6-35-20-9-14-12(7-17(20)29(31)32)22(26-11-25-14)27-15-10-18(33-3)13(23)8-19(15)34-4/h7-11,16H,5-6H2,1-4H3,(H2,24,30)(H,25,26,27). The summed E-state index contributed by atoms with van der Waals surface area (Å²) in [4.78, 5) is 33.0. The maximum atomic E-state index is 11.8. The number of nitrogens with two attached hydrogens (primary N) is 1. The van der Waals surface area contributed by atoms with Crippen molar-refractivity contribution in [2.45, 2.75) is 12.5 Å². The average molecular weight is 505 g/mol. The summed E-state index contributed by atoms with van der Waals surface area (Å²) in [6, 6.07) is 5.41. The molecule has 1 heterocycles. The summed E-state index contributed by atoms with van der Waals surface area (Å²) < 4.78 is 16.3. The fourth-order valence-electron chi connectivity index (χ4n) is 3.45. The summed E-state index contributed by atoms with van der Waals surface area (Å²) in [7, 11) is 6.39. The fraction of sp³-hybridized carbons (Fsp3) is 0.318. The lowest BCUT2D eigenvalue weighted by molar-refractivity contribution is -0.385. The van der Waals surface area contributed by atoms with E-state index in [0.717, 1.165) is 0 Å². The highest BCUT2D eigenvalue weighted by Gasteiger charge is 2.22. The van der Waals surface area contributed by atoms with Crippen LogP contribution in [0, 0.1) is 10.1 Å². The van der Waals surface area contributed by atoms with E-state index in [1.54, 1.807) is 31.1 Å². The Balaban J connectivity index is 1.97. The zero-order valence-electron chi connectivity index (χ0n) is 19.6. The van der Waals surface area contributed by atoms with Gasteiger partial charge in [0.05, 0.1) is 53.4 Å². The van der Waals surface area contributed by atoms with Crippen LogP contribution in [0.4, 0.5) is 17.2 Å². The predicted molar refractivity (Wildman–Crippen MR) is 131 cm³/mol. The largest absolute Gasteiger partial charge is 0.495 e. The van der Waals surface area contributed by atoms with E-state index in [1.165, 1.54) is 32.7 Å². The van der Waals surface area contributed by atoms with E-state index < -0.39 is 16.9 Å². The molecule has 0 fully saturated rings. The monoisotopic (exact) mass is 504 g/mol. The number of rotatable bonds is 11. The van der Waals surface area contributed by atoms with Gasteiger partial charge >= 0.3 is 5.69 Å². The summed E-state index contributed by atoms with van der Waals surface area (Å²) in [5, 5.41) is 15.6. The number of halogens is 1. The van der Waals surface area contributed by atoms with E-state index in [4.69, 9.17) is 31.5 Å². The number of anilines is 2. The molecule has 1 aromatic heterocycles. The number of nitrogens with one attached hydrogen (secondary N) is 1. The molecule has 0 aliphatic heterocycles. The van der Waals surface area contributed by atoms with Gasteiger partial charge in [0.25, 0.3) is 0 Å². The molecule has 1 amide bonds. The smallest absolute Gasteiger partial charge is 0.311 e.